The summed E-state index contributed by atoms with van der Waals surface area (Å²) in [7, 11) is 1.64. The van der Waals surface area contributed by atoms with Crippen molar-refractivity contribution in [3.63, 3.8) is 0 Å². The molecule has 2 N–H and O–H groups in total. The molecular formula is C62H116O20. The van der Waals surface area contributed by atoms with Gasteiger partial charge in [-0.2, -0.15) is 0 Å². The van der Waals surface area contributed by atoms with E-state index in [1.54, 1.807) is 21.0 Å². The summed E-state index contributed by atoms with van der Waals surface area (Å²) in [5.41, 5.74) is -1.09. The smallest absolute Gasteiger partial charge is 0.311 e. The SMILES string of the molecule is CCC(C)(C)C(=O)O.CCC(C)(C)C(=O)OCC(C)C.CCC(C)(C)C(=O)OCCO.CCC(C)(C)C(=O)OCCOCCOCCOCCOCCOCCOCCOCCOCCOC.CCC(C)(C)C(=O)OCc1ccccc1. The number of benzene rings is 1. The quantitative estimate of drug-likeness (QED) is 0.0351. The fourth-order valence-electron chi connectivity index (χ4n) is 4.59. The minimum atomic E-state index is -0.722. The van der Waals surface area contributed by atoms with Crippen molar-refractivity contribution in [3.8, 4) is 0 Å². The highest BCUT2D eigenvalue weighted by atomic mass is 16.6. The van der Waals surface area contributed by atoms with Crippen LogP contribution in [0.15, 0.2) is 30.3 Å². The molecule has 0 amide bonds. The average Bonchev–Trinajstić information content (AvgIpc) is 3.48. The van der Waals surface area contributed by atoms with Crippen LogP contribution in [0.25, 0.3) is 0 Å². The van der Waals surface area contributed by atoms with Crippen molar-refractivity contribution in [3.05, 3.63) is 35.9 Å². The maximum Gasteiger partial charge on any atom is 0.311 e. The molecule has 0 heterocycles. The van der Waals surface area contributed by atoms with Crippen LogP contribution in [0.1, 0.15) is 155 Å². The lowest BCUT2D eigenvalue weighted by Gasteiger charge is -2.20. The molecule has 0 saturated carbocycles. The molecule has 82 heavy (non-hydrogen) atoms. The van der Waals surface area contributed by atoms with Crippen LogP contribution in [0.5, 0.6) is 0 Å². The third-order valence-electron chi connectivity index (χ3n) is 12.8. The summed E-state index contributed by atoms with van der Waals surface area (Å²) in [5.74, 6) is -0.957. The van der Waals surface area contributed by atoms with Gasteiger partial charge < -0.3 is 71.8 Å². The Hall–Kier alpha value is -3.83. The molecule has 0 fully saturated rings. The van der Waals surface area contributed by atoms with Crippen molar-refractivity contribution in [1.82, 2.24) is 0 Å². The molecule has 0 saturated heterocycles. The van der Waals surface area contributed by atoms with Gasteiger partial charge in [-0.25, -0.2) is 0 Å². The summed E-state index contributed by atoms with van der Waals surface area (Å²) in [4.78, 5) is 56.2. The van der Waals surface area contributed by atoms with Crippen molar-refractivity contribution < 1.29 is 95.8 Å². The Morgan fingerprint density at radius 3 is 0.915 bits per heavy atom. The van der Waals surface area contributed by atoms with Gasteiger partial charge in [0, 0.05) is 7.11 Å². The molecule has 484 valence electrons. The number of carbonyl (C=O) groups is 5. The number of esters is 4. The van der Waals surface area contributed by atoms with Crippen molar-refractivity contribution in [2.45, 2.75) is 156 Å². The molecule has 0 radical (unpaired) electrons. The Labute approximate surface area is 495 Å². The number of rotatable bonds is 43. The lowest BCUT2D eigenvalue weighted by Crippen LogP contribution is -2.27. The minimum absolute atomic E-state index is 0.0845. The predicted molar refractivity (Wildman–Crippen MR) is 317 cm³/mol. The van der Waals surface area contributed by atoms with Crippen LogP contribution in [0, 0.1) is 33.0 Å². The first-order valence-corrected chi connectivity index (χ1v) is 29.2. The average molecular weight is 1180 g/mol. The van der Waals surface area contributed by atoms with Crippen molar-refractivity contribution in [1.29, 1.82) is 0 Å². The second-order valence-electron chi connectivity index (χ2n) is 22.4. The normalized spacial score (nSPS) is 11.6. The zero-order chi connectivity index (χ0) is 63.4. The standard InChI is InChI=1S/C25H50O11.C13H18O2.C10H20O2.C8H16O3.C6H12O2/c1-5-25(2,3)24(26)36-23-22-35-21-20-34-19-18-33-17-16-32-15-14-31-13-12-30-11-10-29-9-8-28-7-6-27-4;1-4-13(2,3)12(14)15-10-11-8-6-5-7-9-11;1-6-10(4,5)9(11)12-7-8(2)3;1-4-8(2,3)7(10)11-6-5-9;1-4-6(2,3)5(7)8/h5-23H2,1-4H3;5-9H,4,10H2,1-3H3;8H,6-7H2,1-5H3;9H,4-6H2,1-3H3;4H2,1-3H3,(H,7,8). The van der Waals surface area contributed by atoms with Crippen molar-refractivity contribution >= 4 is 29.8 Å². The third kappa shape index (κ3) is 50.7. The highest BCUT2D eigenvalue weighted by Gasteiger charge is 2.29. The van der Waals surface area contributed by atoms with E-state index in [0.29, 0.717) is 138 Å². The third-order valence-corrected chi connectivity index (χ3v) is 12.8. The molecule has 0 aliphatic heterocycles. The maximum atomic E-state index is 11.8. The molecule has 0 aliphatic carbocycles. The zero-order valence-electron chi connectivity index (χ0n) is 54.3. The minimum Gasteiger partial charge on any atom is -0.481 e. The summed E-state index contributed by atoms with van der Waals surface area (Å²) in [6, 6.07) is 9.72. The van der Waals surface area contributed by atoms with Gasteiger partial charge in [0.15, 0.2) is 0 Å². The molecule has 0 aromatic heterocycles. The number of hydrogen-bond acceptors (Lipinski definition) is 19. The van der Waals surface area contributed by atoms with Crippen LogP contribution >= 0.6 is 0 Å². The highest BCUT2D eigenvalue weighted by molar-refractivity contribution is 5.77. The van der Waals surface area contributed by atoms with Gasteiger partial charge >= 0.3 is 29.8 Å². The first kappa shape index (κ1) is 84.6. The van der Waals surface area contributed by atoms with E-state index in [0.717, 1.165) is 31.2 Å². The van der Waals surface area contributed by atoms with Crippen LogP contribution in [-0.4, -0.2) is 186 Å². The Balaban J connectivity index is -0.000000537. The van der Waals surface area contributed by atoms with Gasteiger partial charge in [-0.1, -0.05) is 78.8 Å². The largest absolute Gasteiger partial charge is 0.481 e. The topological polar surface area (TPSA) is 246 Å². The molecule has 0 bridgehead atoms. The van der Waals surface area contributed by atoms with E-state index in [-0.39, 0.29) is 54.5 Å². The summed E-state index contributed by atoms with van der Waals surface area (Å²) >= 11 is 0. The Kier molecular flexibility index (Phi) is 54.4. The fourth-order valence-corrected chi connectivity index (χ4v) is 4.59. The monoisotopic (exact) mass is 1180 g/mol. The number of carboxylic acids is 1. The number of aliphatic hydroxyl groups is 1. The van der Waals surface area contributed by atoms with E-state index in [1.165, 1.54) is 0 Å². The van der Waals surface area contributed by atoms with Crippen LogP contribution in [0.4, 0.5) is 0 Å². The Bertz CT molecular complexity index is 1680. The molecule has 0 atom stereocenters. The molecule has 20 nitrogen and oxygen atoms in total. The Morgan fingerprint density at radius 2 is 0.659 bits per heavy atom. The lowest BCUT2D eigenvalue weighted by atomic mass is 9.91. The fraction of sp³-hybridized carbons (Fsp3) is 0.823. The molecule has 0 unspecified atom stereocenters. The summed E-state index contributed by atoms with van der Waals surface area (Å²) in [6.45, 7) is 42.1. The van der Waals surface area contributed by atoms with E-state index in [2.05, 4.69) is 0 Å². The zero-order valence-corrected chi connectivity index (χ0v) is 54.3. The van der Waals surface area contributed by atoms with Gasteiger partial charge in [0.25, 0.3) is 0 Å². The second kappa shape index (κ2) is 52.7. The van der Waals surface area contributed by atoms with Crippen LogP contribution < -0.4 is 0 Å². The lowest BCUT2D eigenvalue weighted by molar-refractivity contribution is -0.156. The maximum absolute atomic E-state index is 11.8. The van der Waals surface area contributed by atoms with Crippen LogP contribution in [-0.2, 0) is 92.2 Å². The number of hydrogen-bond donors (Lipinski definition) is 2. The Morgan fingerprint density at radius 1 is 0.390 bits per heavy atom. The molecule has 1 rings (SSSR count). The molecule has 0 spiro atoms. The van der Waals surface area contributed by atoms with Crippen molar-refractivity contribution in [2.24, 2.45) is 33.0 Å². The van der Waals surface area contributed by atoms with E-state index >= 15 is 0 Å². The number of carbonyl (C=O) groups excluding carboxylic acids is 4. The second-order valence-corrected chi connectivity index (χ2v) is 22.4. The van der Waals surface area contributed by atoms with Gasteiger partial charge in [-0.3, -0.25) is 24.0 Å². The van der Waals surface area contributed by atoms with E-state index < -0.39 is 22.2 Å². The van der Waals surface area contributed by atoms with Gasteiger partial charge in [0.2, 0.25) is 0 Å². The van der Waals surface area contributed by atoms with Crippen LogP contribution in [0.3, 0.4) is 0 Å². The summed E-state index contributed by atoms with van der Waals surface area (Å²) in [5, 5.41) is 16.8. The van der Waals surface area contributed by atoms with E-state index in [9.17, 15) is 24.0 Å². The van der Waals surface area contributed by atoms with Gasteiger partial charge in [0.1, 0.15) is 19.8 Å². The molecule has 1 aromatic carbocycles. The first-order chi connectivity index (χ1) is 38.5. The molecular weight excluding hydrogens is 1060 g/mol. The van der Waals surface area contributed by atoms with Gasteiger partial charge in [0.05, 0.1) is 153 Å². The summed E-state index contributed by atoms with van der Waals surface area (Å²) < 4.78 is 68.4. The number of carboxylic acid groups (broad SMARTS) is 1. The van der Waals surface area contributed by atoms with Crippen LogP contribution in [0.2, 0.25) is 0 Å². The number of aliphatic hydroxyl groups excluding tert-OH is 1. The van der Waals surface area contributed by atoms with Gasteiger partial charge in [-0.05, 0) is 113 Å². The number of methoxy groups -OCH3 is 1. The molecule has 1 aromatic rings. The number of ether oxygens (including phenoxy) is 13. The molecule has 0 aliphatic rings. The van der Waals surface area contributed by atoms with Crippen molar-refractivity contribution in [2.75, 3.05) is 146 Å². The van der Waals surface area contributed by atoms with E-state index in [4.69, 9.17) is 71.8 Å². The van der Waals surface area contributed by atoms with Gasteiger partial charge in [-0.15, -0.1) is 0 Å². The molecule has 20 heteroatoms. The first-order valence-electron chi connectivity index (χ1n) is 29.2. The summed E-state index contributed by atoms with van der Waals surface area (Å²) in [6.07, 6.45) is 3.79. The predicted octanol–water partition coefficient (Wildman–Crippen LogP) is 10.00. The highest BCUT2D eigenvalue weighted by Crippen LogP contribution is 2.24. The van der Waals surface area contributed by atoms with E-state index in [1.807, 2.05) is 134 Å². The number of aliphatic carboxylic acids is 1.